The molecule has 0 saturated carbocycles. The lowest BCUT2D eigenvalue weighted by Gasteiger charge is -2.48. The molecule has 0 radical (unpaired) electrons. The van der Waals surface area contributed by atoms with Gasteiger partial charge < -0.3 is 10.5 Å². The Balaban J connectivity index is 2.01. The van der Waals surface area contributed by atoms with Crippen molar-refractivity contribution in [2.75, 3.05) is 32.8 Å². The predicted octanol–water partition coefficient (Wildman–Crippen LogP) is 1.51. The molecule has 0 bridgehead atoms. The highest BCUT2D eigenvalue weighted by Gasteiger charge is 2.40. The van der Waals surface area contributed by atoms with E-state index in [0.29, 0.717) is 6.54 Å². The summed E-state index contributed by atoms with van der Waals surface area (Å²) in [4.78, 5) is 2.55. The van der Waals surface area contributed by atoms with Crippen LogP contribution in [0.15, 0.2) is 24.3 Å². The van der Waals surface area contributed by atoms with Crippen molar-refractivity contribution in [3.05, 3.63) is 35.4 Å². The van der Waals surface area contributed by atoms with E-state index in [4.69, 9.17) is 10.5 Å². The van der Waals surface area contributed by atoms with Crippen LogP contribution in [0.25, 0.3) is 0 Å². The largest absolute Gasteiger partial charge is 0.379 e. The Hall–Kier alpha value is -0.900. The fourth-order valence-electron chi connectivity index (χ4n) is 3.56. The van der Waals surface area contributed by atoms with Crippen molar-refractivity contribution in [2.45, 2.75) is 24.8 Å². The van der Waals surface area contributed by atoms with Crippen LogP contribution in [0.1, 0.15) is 24.0 Å². The molecule has 18 heavy (non-hydrogen) atoms. The molecule has 1 unspecified atom stereocenters. The Labute approximate surface area is 109 Å². The minimum atomic E-state index is 0.0542. The summed E-state index contributed by atoms with van der Waals surface area (Å²) in [5, 5.41) is 0. The maximum atomic E-state index is 6.20. The average Bonchev–Trinajstić information content (AvgIpc) is 2.47. The number of nitrogens with zero attached hydrogens (tertiary/aromatic N) is 1. The summed E-state index contributed by atoms with van der Waals surface area (Å²) in [5.41, 5.74) is 9.20. The molecule has 1 aliphatic carbocycles. The third-order valence-corrected chi connectivity index (χ3v) is 4.51. The molecule has 1 fully saturated rings. The first-order valence-electron chi connectivity index (χ1n) is 6.98. The third-order valence-electron chi connectivity index (χ3n) is 4.51. The maximum Gasteiger partial charge on any atom is 0.0594 e. The number of hydrogen-bond donors (Lipinski definition) is 1. The van der Waals surface area contributed by atoms with Crippen molar-refractivity contribution < 1.29 is 4.74 Å². The highest BCUT2D eigenvalue weighted by Crippen LogP contribution is 2.39. The van der Waals surface area contributed by atoms with Gasteiger partial charge in [0.15, 0.2) is 0 Å². The second-order valence-electron chi connectivity index (χ2n) is 5.35. The van der Waals surface area contributed by atoms with E-state index in [9.17, 15) is 0 Å². The van der Waals surface area contributed by atoms with E-state index in [0.717, 1.165) is 26.3 Å². The number of hydrogen-bond acceptors (Lipinski definition) is 3. The van der Waals surface area contributed by atoms with E-state index in [2.05, 4.69) is 29.2 Å². The van der Waals surface area contributed by atoms with Crippen LogP contribution in [0.4, 0.5) is 0 Å². The fraction of sp³-hybridized carbons (Fsp3) is 0.600. The highest BCUT2D eigenvalue weighted by molar-refractivity contribution is 5.37. The first-order valence-corrected chi connectivity index (χ1v) is 6.98. The van der Waals surface area contributed by atoms with E-state index in [-0.39, 0.29) is 5.54 Å². The van der Waals surface area contributed by atoms with E-state index in [1.54, 1.807) is 0 Å². The van der Waals surface area contributed by atoms with Crippen LogP contribution in [0.3, 0.4) is 0 Å². The number of rotatable bonds is 2. The summed E-state index contributed by atoms with van der Waals surface area (Å²) < 4.78 is 5.49. The zero-order chi connectivity index (χ0) is 12.4. The molecule has 98 valence electrons. The van der Waals surface area contributed by atoms with Crippen molar-refractivity contribution in [2.24, 2.45) is 5.73 Å². The number of morpholine rings is 1. The van der Waals surface area contributed by atoms with Crippen molar-refractivity contribution in [1.29, 1.82) is 0 Å². The van der Waals surface area contributed by atoms with Crippen molar-refractivity contribution in [3.8, 4) is 0 Å². The molecule has 2 aliphatic rings. The topological polar surface area (TPSA) is 38.5 Å². The van der Waals surface area contributed by atoms with Crippen LogP contribution in [0, 0.1) is 0 Å². The molecule has 1 heterocycles. The van der Waals surface area contributed by atoms with Gasteiger partial charge in [0.05, 0.1) is 18.8 Å². The van der Waals surface area contributed by atoms with Gasteiger partial charge in [-0.2, -0.15) is 0 Å². The number of fused-ring (bicyclic) bond motifs is 1. The van der Waals surface area contributed by atoms with Gasteiger partial charge in [-0.05, 0) is 30.4 Å². The number of benzene rings is 1. The molecular weight excluding hydrogens is 224 g/mol. The summed E-state index contributed by atoms with van der Waals surface area (Å²) in [6.45, 7) is 4.40. The molecule has 1 aromatic carbocycles. The summed E-state index contributed by atoms with van der Waals surface area (Å²) >= 11 is 0. The van der Waals surface area contributed by atoms with Crippen LogP contribution < -0.4 is 5.73 Å². The number of ether oxygens (including phenoxy) is 1. The summed E-state index contributed by atoms with van der Waals surface area (Å²) in [7, 11) is 0. The summed E-state index contributed by atoms with van der Waals surface area (Å²) in [6.07, 6.45) is 3.62. The predicted molar refractivity (Wildman–Crippen MR) is 72.5 cm³/mol. The van der Waals surface area contributed by atoms with Gasteiger partial charge in [0, 0.05) is 19.6 Å². The molecule has 0 amide bonds. The second kappa shape index (κ2) is 5.00. The van der Waals surface area contributed by atoms with Crippen LogP contribution in [0.2, 0.25) is 0 Å². The molecule has 3 nitrogen and oxygen atoms in total. The quantitative estimate of drug-likeness (QED) is 0.859. The van der Waals surface area contributed by atoms with Gasteiger partial charge in [0.25, 0.3) is 0 Å². The van der Waals surface area contributed by atoms with Gasteiger partial charge in [-0.25, -0.2) is 0 Å². The SMILES string of the molecule is NCC1(N2CCOCC2)CCCc2ccccc21. The average molecular weight is 246 g/mol. The zero-order valence-electron chi connectivity index (χ0n) is 10.9. The molecule has 1 aromatic rings. The number of aryl methyl sites for hydroxylation is 1. The zero-order valence-corrected chi connectivity index (χ0v) is 10.9. The van der Waals surface area contributed by atoms with Crippen molar-refractivity contribution >= 4 is 0 Å². The lowest BCUT2D eigenvalue weighted by atomic mass is 9.75. The molecule has 3 heteroatoms. The Morgan fingerprint density at radius 1 is 1.22 bits per heavy atom. The minimum Gasteiger partial charge on any atom is -0.379 e. The normalized spacial score (nSPS) is 28.9. The Morgan fingerprint density at radius 2 is 2.00 bits per heavy atom. The Morgan fingerprint density at radius 3 is 2.78 bits per heavy atom. The molecule has 0 aromatic heterocycles. The van der Waals surface area contributed by atoms with Gasteiger partial charge in [0.1, 0.15) is 0 Å². The Bertz CT molecular complexity index is 415. The third kappa shape index (κ3) is 1.87. The van der Waals surface area contributed by atoms with Gasteiger partial charge in [-0.15, -0.1) is 0 Å². The molecule has 3 rings (SSSR count). The van der Waals surface area contributed by atoms with Crippen molar-refractivity contribution in [1.82, 2.24) is 4.90 Å². The molecule has 1 saturated heterocycles. The number of nitrogens with two attached hydrogens (primary N) is 1. The minimum absolute atomic E-state index is 0.0542. The molecule has 0 spiro atoms. The molecular formula is C15H22N2O. The van der Waals surface area contributed by atoms with Gasteiger partial charge >= 0.3 is 0 Å². The van der Waals surface area contributed by atoms with Crippen LogP contribution in [-0.4, -0.2) is 37.7 Å². The molecule has 1 atom stereocenters. The monoisotopic (exact) mass is 246 g/mol. The smallest absolute Gasteiger partial charge is 0.0594 e. The first-order chi connectivity index (χ1) is 8.87. The van der Waals surface area contributed by atoms with Crippen LogP contribution >= 0.6 is 0 Å². The van der Waals surface area contributed by atoms with Crippen LogP contribution in [0.5, 0.6) is 0 Å². The van der Waals surface area contributed by atoms with Crippen molar-refractivity contribution in [3.63, 3.8) is 0 Å². The first kappa shape index (κ1) is 12.2. The van der Waals surface area contributed by atoms with E-state index in [1.807, 2.05) is 0 Å². The Kier molecular flexibility index (Phi) is 3.37. The summed E-state index contributed by atoms with van der Waals surface area (Å²) in [5.74, 6) is 0. The van der Waals surface area contributed by atoms with Gasteiger partial charge in [-0.1, -0.05) is 24.3 Å². The molecule has 1 aliphatic heterocycles. The summed E-state index contributed by atoms with van der Waals surface area (Å²) in [6, 6.07) is 8.83. The maximum absolute atomic E-state index is 6.20. The van der Waals surface area contributed by atoms with Gasteiger partial charge in [-0.3, -0.25) is 4.90 Å². The molecule has 2 N–H and O–H groups in total. The highest BCUT2D eigenvalue weighted by atomic mass is 16.5. The fourth-order valence-corrected chi connectivity index (χ4v) is 3.56. The lowest BCUT2D eigenvalue weighted by molar-refractivity contribution is -0.0286. The standard InChI is InChI=1S/C15H22N2O/c16-12-15(17-8-10-18-11-9-17)7-3-5-13-4-1-2-6-14(13)15/h1-2,4,6H,3,5,7-12,16H2. The lowest BCUT2D eigenvalue weighted by Crippen LogP contribution is -2.56. The van der Waals surface area contributed by atoms with E-state index in [1.165, 1.54) is 30.4 Å². The van der Waals surface area contributed by atoms with Crippen LogP contribution in [-0.2, 0) is 16.7 Å². The van der Waals surface area contributed by atoms with E-state index < -0.39 is 0 Å². The second-order valence-corrected chi connectivity index (χ2v) is 5.35. The van der Waals surface area contributed by atoms with E-state index >= 15 is 0 Å². The van der Waals surface area contributed by atoms with Gasteiger partial charge in [0.2, 0.25) is 0 Å².